The molecule has 0 bridgehead atoms. The number of nitrogens with one attached hydrogen (secondary N) is 2. The van der Waals surface area contributed by atoms with Crippen LogP contribution < -0.4 is 27.2 Å². The van der Waals surface area contributed by atoms with Crippen molar-refractivity contribution in [3.8, 4) is 0 Å². The second kappa shape index (κ2) is 12.4. The zero-order chi connectivity index (χ0) is 24.4. The van der Waals surface area contributed by atoms with Gasteiger partial charge in [0.05, 0.1) is 0 Å². The van der Waals surface area contributed by atoms with Crippen LogP contribution in [0.3, 0.4) is 0 Å². The lowest BCUT2D eigenvalue weighted by atomic mass is 10.1. The number of rotatable bonds is 11. The van der Waals surface area contributed by atoms with Crippen LogP contribution in [0.1, 0.15) is 61.9 Å². The number of carbonyl (C=O) groups excluding carboxylic acids is 2. The number of aromatic nitrogens is 2. The topological polar surface area (TPSA) is 130 Å². The number of anilines is 2. The number of aromatic amines is 1. The molecule has 2 aromatic rings. The van der Waals surface area contributed by atoms with E-state index < -0.39 is 17.2 Å². The molecule has 1 heterocycles. The monoisotopic (exact) mass is 455 g/mol. The molecule has 2 rings (SSSR count). The molecule has 0 saturated heterocycles. The number of amides is 2. The van der Waals surface area contributed by atoms with Gasteiger partial charge >= 0.3 is 5.69 Å². The van der Waals surface area contributed by atoms with Crippen LogP contribution in [0, 0.1) is 0 Å². The minimum absolute atomic E-state index is 0.00794. The molecule has 9 nitrogen and oxygen atoms in total. The molecule has 0 unspecified atom stereocenters. The summed E-state index contributed by atoms with van der Waals surface area (Å²) in [7, 11) is 1.56. The Morgan fingerprint density at radius 3 is 2.36 bits per heavy atom. The third-order valence-corrected chi connectivity index (χ3v) is 5.29. The van der Waals surface area contributed by atoms with Gasteiger partial charge in [-0.15, -0.1) is 0 Å². The Morgan fingerprint density at radius 2 is 1.76 bits per heavy atom. The fraction of sp³-hybridized carbons (Fsp3) is 0.417. The molecule has 9 heteroatoms. The largest absolute Gasteiger partial charge is 0.383 e. The van der Waals surface area contributed by atoms with Crippen LogP contribution >= 0.6 is 0 Å². The van der Waals surface area contributed by atoms with Gasteiger partial charge < -0.3 is 16.0 Å². The number of nitrogen functional groups attached to an aromatic ring is 1. The normalized spacial score (nSPS) is 11.0. The van der Waals surface area contributed by atoms with E-state index in [9.17, 15) is 19.2 Å². The minimum atomic E-state index is -0.682. The summed E-state index contributed by atoms with van der Waals surface area (Å²) >= 11 is 0. The van der Waals surface area contributed by atoms with Gasteiger partial charge in [0.1, 0.15) is 5.82 Å². The van der Waals surface area contributed by atoms with Crippen LogP contribution in [0.2, 0.25) is 0 Å². The zero-order valence-corrected chi connectivity index (χ0v) is 19.5. The summed E-state index contributed by atoms with van der Waals surface area (Å²) in [6.07, 6.45) is 7.04. The maximum Gasteiger partial charge on any atom is 0.330 e. The van der Waals surface area contributed by atoms with Gasteiger partial charge in [0.15, 0.2) is 5.69 Å². The first-order valence-corrected chi connectivity index (χ1v) is 11.3. The first-order chi connectivity index (χ1) is 15.8. The van der Waals surface area contributed by atoms with E-state index in [0.717, 1.165) is 24.8 Å². The van der Waals surface area contributed by atoms with Gasteiger partial charge in [0, 0.05) is 31.8 Å². The number of hydrogen-bond acceptors (Lipinski definition) is 5. The van der Waals surface area contributed by atoms with Crippen molar-refractivity contribution in [2.24, 2.45) is 0 Å². The molecule has 0 atom stereocenters. The van der Waals surface area contributed by atoms with E-state index in [1.165, 1.54) is 15.5 Å². The Bertz CT molecular complexity index is 1100. The maximum absolute atomic E-state index is 13.1. The molecule has 1 aromatic carbocycles. The van der Waals surface area contributed by atoms with Gasteiger partial charge in [-0.3, -0.25) is 23.9 Å². The second-order valence-corrected chi connectivity index (χ2v) is 7.73. The number of nitrogens with zero attached hydrogens (tertiary/aromatic N) is 2. The minimum Gasteiger partial charge on any atom is -0.383 e. The van der Waals surface area contributed by atoms with Crippen LogP contribution in [0.5, 0.6) is 0 Å². The fourth-order valence-corrected chi connectivity index (χ4v) is 3.38. The third-order valence-electron chi connectivity index (χ3n) is 5.29. The summed E-state index contributed by atoms with van der Waals surface area (Å²) in [5.41, 5.74) is 6.18. The Labute approximate surface area is 193 Å². The summed E-state index contributed by atoms with van der Waals surface area (Å²) in [6.45, 7) is 4.68. The number of nitrogens with two attached hydrogens (primary N) is 1. The van der Waals surface area contributed by atoms with E-state index in [0.29, 0.717) is 31.5 Å². The van der Waals surface area contributed by atoms with Gasteiger partial charge in [-0.2, -0.15) is 0 Å². The standard InChI is InChI=1S/C24H33N5O4/c1-4-6-8-16-28(20-21(25)29(15-7-5-2)24(33)27-23(20)32)19(30)14-11-17-9-12-18(13-10-17)22(31)26-3/h9-14H,4-8,15-16,25H2,1-3H3,(H,26,31)(H,27,32,33)/b14-11+. The Morgan fingerprint density at radius 1 is 1.09 bits per heavy atom. The fourth-order valence-electron chi connectivity index (χ4n) is 3.38. The average molecular weight is 456 g/mol. The Balaban J connectivity index is 2.39. The van der Waals surface area contributed by atoms with E-state index >= 15 is 0 Å². The summed E-state index contributed by atoms with van der Waals surface area (Å²) in [5, 5.41) is 2.55. The van der Waals surface area contributed by atoms with E-state index in [-0.39, 0.29) is 17.4 Å². The highest BCUT2D eigenvalue weighted by Gasteiger charge is 2.22. The van der Waals surface area contributed by atoms with E-state index in [4.69, 9.17) is 5.73 Å². The summed E-state index contributed by atoms with van der Waals surface area (Å²) in [4.78, 5) is 53.4. The molecular weight excluding hydrogens is 422 g/mol. The predicted molar refractivity (Wildman–Crippen MR) is 131 cm³/mol. The number of carbonyl (C=O) groups is 2. The van der Waals surface area contributed by atoms with Crippen molar-refractivity contribution in [3.63, 3.8) is 0 Å². The van der Waals surface area contributed by atoms with Crippen LogP contribution in [0.25, 0.3) is 6.08 Å². The molecule has 0 radical (unpaired) electrons. The molecule has 0 aliphatic rings. The lowest BCUT2D eigenvalue weighted by Crippen LogP contribution is -2.41. The van der Waals surface area contributed by atoms with Crippen LogP contribution in [0.4, 0.5) is 11.5 Å². The highest BCUT2D eigenvalue weighted by Crippen LogP contribution is 2.19. The molecule has 0 spiro atoms. The van der Waals surface area contributed by atoms with Gasteiger partial charge in [-0.05, 0) is 36.6 Å². The molecule has 0 fully saturated rings. The number of unbranched alkanes of at least 4 members (excludes halogenated alkanes) is 3. The van der Waals surface area contributed by atoms with E-state index in [1.807, 2.05) is 13.8 Å². The highest BCUT2D eigenvalue weighted by atomic mass is 16.2. The molecule has 0 aliphatic carbocycles. The number of hydrogen-bond donors (Lipinski definition) is 3. The van der Waals surface area contributed by atoms with E-state index in [2.05, 4.69) is 10.3 Å². The van der Waals surface area contributed by atoms with Crippen molar-refractivity contribution in [3.05, 3.63) is 62.3 Å². The third kappa shape index (κ3) is 6.68. The highest BCUT2D eigenvalue weighted by molar-refractivity contribution is 6.05. The van der Waals surface area contributed by atoms with Gasteiger partial charge in [-0.25, -0.2) is 4.79 Å². The molecule has 4 N–H and O–H groups in total. The lowest BCUT2D eigenvalue weighted by Gasteiger charge is -2.23. The predicted octanol–water partition coefficient (Wildman–Crippen LogP) is 2.52. The summed E-state index contributed by atoms with van der Waals surface area (Å²) in [6, 6.07) is 6.77. The van der Waals surface area contributed by atoms with Gasteiger partial charge in [-0.1, -0.05) is 45.2 Å². The maximum atomic E-state index is 13.1. The molecule has 33 heavy (non-hydrogen) atoms. The first-order valence-electron chi connectivity index (χ1n) is 11.3. The van der Waals surface area contributed by atoms with Gasteiger partial charge in [0.25, 0.3) is 17.4 Å². The molecular formula is C24H33N5O4. The van der Waals surface area contributed by atoms with Crippen LogP contribution in [-0.2, 0) is 11.3 Å². The quantitative estimate of drug-likeness (QED) is 0.354. The SMILES string of the molecule is CCCCCN(C(=O)/C=C/c1ccc(C(=O)NC)cc1)c1c(N)n(CCCC)c(=O)[nH]c1=O. The Hall–Kier alpha value is -3.62. The lowest BCUT2D eigenvalue weighted by molar-refractivity contribution is -0.114. The molecule has 2 amide bonds. The molecule has 0 saturated carbocycles. The van der Waals surface area contributed by atoms with Crippen molar-refractivity contribution in [2.75, 3.05) is 24.2 Å². The summed E-state index contributed by atoms with van der Waals surface area (Å²) < 4.78 is 1.31. The second-order valence-electron chi connectivity index (χ2n) is 7.73. The van der Waals surface area contributed by atoms with Crippen LogP contribution in [0.15, 0.2) is 39.9 Å². The first kappa shape index (κ1) is 25.6. The molecule has 1 aromatic heterocycles. The van der Waals surface area contributed by atoms with Crippen LogP contribution in [-0.4, -0.2) is 35.0 Å². The molecule has 0 aliphatic heterocycles. The number of benzene rings is 1. The van der Waals surface area contributed by atoms with Crippen molar-refractivity contribution in [2.45, 2.75) is 52.5 Å². The van der Waals surface area contributed by atoms with Crippen molar-refractivity contribution in [1.82, 2.24) is 14.9 Å². The van der Waals surface area contributed by atoms with Crippen molar-refractivity contribution < 1.29 is 9.59 Å². The summed E-state index contributed by atoms with van der Waals surface area (Å²) in [5.74, 6) is -0.624. The molecule has 178 valence electrons. The van der Waals surface area contributed by atoms with Gasteiger partial charge in [0.2, 0.25) is 0 Å². The Kier molecular flexibility index (Phi) is 9.65. The number of H-pyrrole nitrogens is 1. The average Bonchev–Trinajstić information content (AvgIpc) is 2.81. The van der Waals surface area contributed by atoms with Crippen molar-refractivity contribution in [1.29, 1.82) is 0 Å². The zero-order valence-electron chi connectivity index (χ0n) is 19.5. The smallest absolute Gasteiger partial charge is 0.330 e. The van der Waals surface area contributed by atoms with Crippen molar-refractivity contribution >= 4 is 29.4 Å². The van der Waals surface area contributed by atoms with E-state index in [1.54, 1.807) is 37.4 Å².